The first-order chi connectivity index (χ1) is 10.0. The Balaban J connectivity index is 2.42. The van der Waals surface area contributed by atoms with Crippen LogP contribution in [0.15, 0.2) is 23.4 Å². The number of fused-ring (bicyclic) bond motifs is 1. The number of nitrogens with zero attached hydrogens (tertiary/aromatic N) is 2. The molecule has 1 unspecified atom stereocenters. The van der Waals surface area contributed by atoms with Gasteiger partial charge in [0.25, 0.3) is 0 Å². The summed E-state index contributed by atoms with van der Waals surface area (Å²) in [7, 11) is 3.25. The number of imidazole rings is 1. The van der Waals surface area contributed by atoms with E-state index >= 15 is 0 Å². The van der Waals surface area contributed by atoms with Gasteiger partial charge in [-0.25, -0.2) is 4.98 Å². The first kappa shape index (κ1) is 15.7. The smallest absolute Gasteiger partial charge is 0.313 e. The Bertz CT molecular complexity index is 641. The molecule has 0 aliphatic heterocycles. The highest BCUT2D eigenvalue weighted by molar-refractivity contribution is 7.99. The molecule has 7 heteroatoms. The highest BCUT2D eigenvalue weighted by Gasteiger charge is 2.15. The highest BCUT2D eigenvalue weighted by atomic mass is 32.2. The van der Waals surface area contributed by atoms with Crippen LogP contribution in [0.3, 0.4) is 0 Å². The summed E-state index contributed by atoms with van der Waals surface area (Å²) in [5.74, 6) is -0.167. The van der Waals surface area contributed by atoms with Crippen LogP contribution in [-0.2, 0) is 16.1 Å². The molecule has 0 amide bonds. The molecule has 0 saturated heterocycles. The van der Waals surface area contributed by atoms with Crippen molar-refractivity contribution < 1.29 is 19.4 Å². The molecule has 1 N–H and O–H groups in total. The predicted molar refractivity (Wildman–Crippen MR) is 81.1 cm³/mol. The van der Waals surface area contributed by atoms with E-state index in [2.05, 4.69) is 4.98 Å². The third kappa shape index (κ3) is 3.68. The molecule has 0 bridgehead atoms. The van der Waals surface area contributed by atoms with E-state index in [-0.39, 0.29) is 11.9 Å². The minimum atomic E-state index is -0.865. The van der Waals surface area contributed by atoms with Crippen molar-refractivity contribution in [2.24, 2.45) is 0 Å². The molecule has 0 saturated carbocycles. The molecule has 1 heterocycles. The molecular weight excluding hydrogens is 292 g/mol. The van der Waals surface area contributed by atoms with Gasteiger partial charge in [0.15, 0.2) is 5.16 Å². The second-order valence-electron chi connectivity index (χ2n) is 4.59. The third-order valence-corrected chi connectivity index (χ3v) is 4.05. The van der Waals surface area contributed by atoms with E-state index in [1.54, 1.807) is 14.2 Å². The zero-order chi connectivity index (χ0) is 15.4. The number of ether oxygens (including phenoxy) is 2. The number of methoxy groups -OCH3 is 2. The van der Waals surface area contributed by atoms with E-state index in [1.807, 2.05) is 29.7 Å². The number of aliphatic carboxylic acids is 1. The van der Waals surface area contributed by atoms with Gasteiger partial charge in [-0.05, 0) is 19.1 Å². The van der Waals surface area contributed by atoms with Crippen molar-refractivity contribution in [1.29, 1.82) is 0 Å². The molecule has 6 nitrogen and oxygen atoms in total. The summed E-state index contributed by atoms with van der Waals surface area (Å²) < 4.78 is 12.5. The van der Waals surface area contributed by atoms with Crippen molar-refractivity contribution in [3.63, 3.8) is 0 Å². The molecule has 2 rings (SSSR count). The summed E-state index contributed by atoms with van der Waals surface area (Å²) in [5.41, 5.74) is 1.72. The maximum absolute atomic E-state index is 10.8. The molecule has 1 aromatic carbocycles. The number of benzene rings is 1. The van der Waals surface area contributed by atoms with Gasteiger partial charge in [-0.1, -0.05) is 11.8 Å². The zero-order valence-electron chi connectivity index (χ0n) is 12.2. The molecule has 0 aliphatic carbocycles. The van der Waals surface area contributed by atoms with Crippen LogP contribution >= 0.6 is 11.8 Å². The zero-order valence-corrected chi connectivity index (χ0v) is 13.0. The summed E-state index contributed by atoms with van der Waals surface area (Å²) in [6.07, 6.45) is 0.00804. The first-order valence-corrected chi connectivity index (χ1v) is 7.45. The van der Waals surface area contributed by atoms with Crippen LogP contribution in [0.4, 0.5) is 0 Å². The minimum Gasteiger partial charge on any atom is -0.497 e. The van der Waals surface area contributed by atoms with E-state index in [4.69, 9.17) is 14.6 Å². The van der Waals surface area contributed by atoms with Gasteiger partial charge >= 0.3 is 5.97 Å². The predicted octanol–water partition coefficient (Wildman–Crippen LogP) is 2.26. The SMILES string of the molecule is COc1ccc2c(c1)nc(SCC(=O)O)n2CC(C)OC. The largest absolute Gasteiger partial charge is 0.497 e. The average molecular weight is 310 g/mol. The number of hydrogen-bond donors (Lipinski definition) is 1. The van der Waals surface area contributed by atoms with Crippen LogP contribution < -0.4 is 4.74 Å². The summed E-state index contributed by atoms with van der Waals surface area (Å²) in [6, 6.07) is 5.63. The quantitative estimate of drug-likeness (QED) is 0.791. The molecular formula is C14H18N2O4S. The fourth-order valence-corrected chi connectivity index (χ4v) is 2.70. The Morgan fingerprint density at radius 2 is 2.24 bits per heavy atom. The molecule has 1 aromatic heterocycles. The lowest BCUT2D eigenvalue weighted by molar-refractivity contribution is -0.133. The number of rotatable bonds is 7. The monoisotopic (exact) mass is 310 g/mol. The van der Waals surface area contributed by atoms with Crippen molar-refractivity contribution in [2.45, 2.75) is 24.7 Å². The van der Waals surface area contributed by atoms with Crippen molar-refractivity contribution in [3.8, 4) is 5.75 Å². The van der Waals surface area contributed by atoms with Crippen molar-refractivity contribution >= 4 is 28.8 Å². The number of carboxylic acids is 1. The van der Waals surface area contributed by atoms with Gasteiger partial charge in [0.05, 0.1) is 36.5 Å². The second kappa shape index (κ2) is 6.82. The fourth-order valence-electron chi connectivity index (χ4n) is 1.96. The number of hydrogen-bond acceptors (Lipinski definition) is 5. The number of carboxylic acid groups (broad SMARTS) is 1. The van der Waals surface area contributed by atoms with Crippen molar-refractivity contribution in [1.82, 2.24) is 9.55 Å². The number of carbonyl (C=O) groups is 1. The second-order valence-corrected chi connectivity index (χ2v) is 5.53. The summed E-state index contributed by atoms with van der Waals surface area (Å²) in [5, 5.41) is 9.52. The van der Waals surface area contributed by atoms with Crippen LogP contribution in [0.25, 0.3) is 11.0 Å². The van der Waals surface area contributed by atoms with E-state index in [0.29, 0.717) is 11.7 Å². The lowest BCUT2D eigenvalue weighted by Crippen LogP contribution is -2.15. The number of aromatic nitrogens is 2. The van der Waals surface area contributed by atoms with Crippen LogP contribution in [0.1, 0.15) is 6.92 Å². The van der Waals surface area contributed by atoms with Crippen LogP contribution in [0.2, 0.25) is 0 Å². The lowest BCUT2D eigenvalue weighted by atomic mass is 10.3. The molecule has 114 valence electrons. The Labute approximate surface area is 127 Å². The van der Waals surface area contributed by atoms with Gasteiger partial charge in [0.2, 0.25) is 0 Å². The van der Waals surface area contributed by atoms with Gasteiger partial charge in [-0.15, -0.1) is 0 Å². The van der Waals surface area contributed by atoms with Crippen molar-refractivity contribution in [2.75, 3.05) is 20.0 Å². The maximum Gasteiger partial charge on any atom is 0.313 e. The van der Waals surface area contributed by atoms with Gasteiger partial charge in [0, 0.05) is 13.2 Å². The topological polar surface area (TPSA) is 73.6 Å². The molecule has 0 fully saturated rings. The summed E-state index contributed by atoms with van der Waals surface area (Å²) >= 11 is 1.20. The molecule has 0 spiro atoms. The van der Waals surface area contributed by atoms with Crippen LogP contribution in [-0.4, -0.2) is 46.7 Å². The summed E-state index contributed by atoms with van der Waals surface area (Å²) in [4.78, 5) is 15.3. The van der Waals surface area contributed by atoms with E-state index in [1.165, 1.54) is 11.8 Å². The average Bonchev–Trinajstić information content (AvgIpc) is 2.81. The standard InChI is InChI=1S/C14H18N2O4S/c1-9(19-2)7-16-12-5-4-10(20-3)6-11(12)15-14(16)21-8-13(17)18/h4-6,9H,7-8H2,1-3H3,(H,17,18). The van der Waals surface area contributed by atoms with E-state index < -0.39 is 5.97 Å². The Hall–Kier alpha value is -1.73. The fraction of sp³-hybridized carbons (Fsp3) is 0.429. The van der Waals surface area contributed by atoms with Crippen molar-refractivity contribution in [3.05, 3.63) is 18.2 Å². The molecule has 0 aliphatic rings. The van der Waals surface area contributed by atoms with Crippen LogP contribution in [0.5, 0.6) is 5.75 Å². The molecule has 0 radical (unpaired) electrons. The Morgan fingerprint density at radius 1 is 1.48 bits per heavy atom. The summed E-state index contributed by atoms with van der Waals surface area (Å²) in [6.45, 7) is 2.57. The van der Waals surface area contributed by atoms with E-state index in [0.717, 1.165) is 16.8 Å². The van der Waals surface area contributed by atoms with E-state index in [9.17, 15) is 4.79 Å². The normalized spacial score (nSPS) is 12.5. The highest BCUT2D eigenvalue weighted by Crippen LogP contribution is 2.27. The third-order valence-electron chi connectivity index (χ3n) is 3.09. The van der Waals surface area contributed by atoms with Gasteiger partial charge in [-0.3, -0.25) is 4.79 Å². The lowest BCUT2D eigenvalue weighted by Gasteiger charge is -2.13. The van der Waals surface area contributed by atoms with Crippen LogP contribution in [0, 0.1) is 0 Å². The Kier molecular flexibility index (Phi) is 5.08. The first-order valence-electron chi connectivity index (χ1n) is 6.46. The molecule has 21 heavy (non-hydrogen) atoms. The van der Waals surface area contributed by atoms with Gasteiger partial charge < -0.3 is 19.1 Å². The Morgan fingerprint density at radius 3 is 2.86 bits per heavy atom. The van der Waals surface area contributed by atoms with Gasteiger partial charge in [-0.2, -0.15) is 0 Å². The maximum atomic E-state index is 10.8. The minimum absolute atomic E-state index is 0.00804. The number of thioether (sulfide) groups is 1. The molecule has 2 aromatic rings. The molecule has 1 atom stereocenters. The van der Waals surface area contributed by atoms with Gasteiger partial charge in [0.1, 0.15) is 5.75 Å².